The quantitative estimate of drug-likeness (QED) is 0.480. The third-order valence-corrected chi connectivity index (χ3v) is 4.69. The Morgan fingerprint density at radius 3 is 2.45 bits per heavy atom. The van der Waals surface area contributed by atoms with Gasteiger partial charge < -0.3 is 14.4 Å². The predicted molar refractivity (Wildman–Crippen MR) is 122 cm³/mol. The molecule has 31 heavy (non-hydrogen) atoms. The maximum atomic E-state index is 13.1. The number of rotatable bonds is 8. The number of methoxy groups -OCH3 is 1. The third-order valence-electron chi connectivity index (χ3n) is 4.69. The number of nitriles is 1. The number of hydrogen-bond donors (Lipinski definition) is 0. The van der Waals surface area contributed by atoms with Crippen molar-refractivity contribution in [3.8, 4) is 17.6 Å². The highest BCUT2D eigenvalue weighted by molar-refractivity contribution is 6.03. The van der Waals surface area contributed by atoms with Gasteiger partial charge in [-0.3, -0.25) is 4.79 Å². The van der Waals surface area contributed by atoms with Crippen molar-refractivity contribution in [2.24, 2.45) is 0 Å². The molecule has 156 valence electrons. The molecule has 0 spiro atoms. The summed E-state index contributed by atoms with van der Waals surface area (Å²) in [7, 11) is 1.53. The summed E-state index contributed by atoms with van der Waals surface area (Å²) in [6, 6.07) is 25.0. The van der Waals surface area contributed by atoms with Gasteiger partial charge in [-0.15, -0.1) is 0 Å². The summed E-state index contributed by atoms with van der Waals surface area (Å²) in [5.41, 5.74) is 3.81. The van der Waals surface area contributed by atoms with E-state index in [2.05, 4.69) is 0 Å². The molecule has 0 atom stereocenters. The van der Waals surface area contributed by atoms with E-state index in [4.69, 9.17) is 14.7 Å². The number of hydrogen-bond acceptors (Lipinski definition) is 4. The van der Waals surface area contributed by atoms with E-state index in [0.717, 1.165) is 22.4 Å². The zero-order valence-corrected chi connectivity index (χ0v) is 17.6. The molecule has 3 aromatic carbocycles. The molecule has 0 aliphatic carbocycles. The van der Waals surface area contributed by atoms with Gasteiger partial charge in [0, 0.05) is 11.8 Å². The van der Waals surface area contributed by atoms with Crippen LogP contribution in [0.3, 0.4) is 0 Å². The average Bonchev–Trinajstić information content (AvgIpc) is 2.81. The van der Waals surface area contributed by atoms with E-state index in [1.165, 1.54) is 7.11 Å². The van der Waals surface area contributed by atoms with Crippen LogP contribution in [-0.2, 0) is 11.3 Å². The Labute approximate surface area is 182 Å². The maximum absolute atomic E-state index is 13.1. The van der Waals surface area contributed by atoms with Crippen LogP contribution in [0.15, 0.2) is 78.9 Å². The molecular formula is C26H24N2O3. The first-order chi connectivity index (χ1) is 15.1. The number of carbonyl (C=O) groups excluding carboxylic acids is 1. The minimum Gasteiger partial charge on any atom is -0.493 e. The first kappa shape index (κ1) is 21.7. The monoisotopic (exact) mass is 412 g/mol. The van der Waals surface area contributed by atoms with Crippen LogP contribution in [0, 0.1) is 18.3 Å². The first-order valence-corrected chi connectivity index (χ1v) is 9.88. The SMILES string of the molecule is COc1cc(/C=C/C(=O)N(Cc2ccccc2)c2ccc(C)cc2)ccc1OCC#N. The topological polar surface area (TPSA) is 62.6 Å². The van der Waals surface area contributed by atoms with Gasteiger partial charge in [0.05, 0.1) is 13.7 Å². The van der Waals surface area contributed by atoms with Crippen molar-refractivity contribution in [1.82, 2.24) is 0 Å². The molecule has 3 rings (SSSR count). The van der Waals surface area contributed by atoms with Crippen molar-refractivity contribution in [1.29, 1.82) is 5.26 Å². The van der Waals surface area contributed by atoms with E-state index in [1.807, 2.05) is 73.7 Å². The second kappa shape index (κ2) is 10.7. The van der Waals surface area contributed by atoms with Crippen LogP contribution in [0.1, 0.15) is 16.7 Å². The Morgan fingerprint density at radius 1 is 1.03 bits per heavy atom. The maximum Gasteiger partial charge on any atom is 0.251 e. The lowest BCUT2D eigenvalue weighted by Gasteiger charge is -2.22. The summed E-state index contributed by atoms with van der Waals surface area (Å²) in [5, 5.41) is 8.69. The molecule has 5 nitrogen and oxygen atoms in total. The summed E-state index contributed by atoms with van der Waals surface area (Å²) < 4.78 is 10.7. The standard InChI is InChI=1S/C26H24N2O3/c1-20-8-12-23(13-9-20)28(19-22-6-4-3-5-7-22)26(29)15-11-21-10-14-24(31-17-16-27)25(18-21)30-2/h3-15,18H,17,19H2,1-2H3/b15-11+. The molecule has 0 N–H and O–H groups in total. The highest BCUT2D eigenvalue weighted by Crippen LogP contribution is 2.28. The van der Waals surface area contributed by atoms with Gasteiger partial charge in [0.1, 0.15) is 6.07 Å². The van der Waals surface area contributed by atoms with Gasteiger partial charge in [0.15, 0.2) is 18.1 Å². The summed E-state index contributed by atoms with van der Waals surface area (Å²) in [6.45, 7) is 2.43. The highest BCUT2D eigenvalue weighted by atomic mass is 16.5. The summed E-state index contributed by atoms with van der Waals surface area (Å²) >= 11 is 0. The molecule has 0 bridgehead atoms. The zero-order valence-electron chi connectivity index (χ0n) is 17.6. The lowest BCUT2D eigenvalue weighted by atomic mass is 10.1. The van der Waals surface area contributed by atoms with E-state index in [9.17, 15) is 4.79 Å². The lowest BCUT2D eigenvalue weighted by molar-refractivity contribution is -0.114. The van der Waals surface area contributed by atoms with Crippen molar-refractivity contribution < 1.29 is 14.3 Å². The van der Waals surface area contributed by atoms with Crippen molar-refractivity contribution in [3.63, 3.8) is 0 Å². The molecule has 0 heterocycles. The second-order valence-corrected chi connectivity index (χ2v) is 6.94. The normalized spacial score (nSPS) is 10.5. The van der Waals surface area contributed by atoms with Crippen LogP contribution in [-0.4, -0.2) is 19.6 Å². The summed E-state index contributed by atoms with van der Waals surface area (Å²) in [6.07, 6.45) is 3.29. The fourth-order valence-electron chi connectivity index (χ4n) is 3.06. The number of aryl methyl sites for hydroxylation is 1. The smallest absolute Gasteiger partial charge is 0.251 e. The van der Waals surface area contributed by atoms with E-state index in [0.29, 0.717) is 18.0 Å². The molecule has 0 aliphatic heterocycles. The fraction of sp³-hybridized carbons (Fsp3) is 0.154. The van der Waals surface area contributed by atoms with Crippen molar-refractivity contribution in [2.75, 3.05) is 18.6 Å². The van der Waals surface area contributed by atoms with Crippen molar-refractivity contribution in [2.45, 2.75) is 13.5 Å². The van der Waals surface area contributed by atoms with Crippen LogP contribution in [0.25, 0.3) is 6.08 Å². The van der Waals surface area contributed by atoms with Crippen LogP contribution >= 0.6 is 0 Å². The predicted octanol–water partition coefficient (Wildman–Crippen LogP) is 5.15. The average molecular weight is 412 g/mol. The number of anilines is 1. The number of benzene rings is 3. The Hall–Kier alpha value is -4.04. The Balaban J connectivity index is 1.83. The molecule has 0 saturated carbocycles. The summed E-state index contributed by atoms with van der Waals surface area (Å²) in [4.78, 5) is 14.9. The Bertz CT molecular complexity index is 1080. The number of ether oxygens (including phenoxy) is 2. The molecular weight excluding hydrogens is 388 g/mol. The van der Waals surface area contributed by atoms with Gasteiger partial charge >= 0.3 is 0 Å². The second-order valence-electron chi connectivity index (χ2n) is 6.94. The van der Waals surface area contributed by atoms with Gasteiger partial charge in [-0.25, -0.2) is 0 Å². The molecule has 0 aromatic heterocycles. The van der Waals surface area contributed by atoms with Crippen molar-refractivity contribution >= 4 is 17.7 Å². The Kier molecular flexibility index (Phi) is 7.45. The molecule has 1 amide bonds. The molecule has 3 aromatic rings. The Morgan fingerprint density at radius 2 is 1.77 bits per heavy atom. The number of carbonyl (C=O) groups is 1. The molecule has 0 radical (unpaired) electrons. The minimum atomic E-state index is -0.128. The first-order valence-electron chi connectivity index (χ1n) is 9.88. The van der Waals surface area contributed by atoms with Gasteiger partial charge in [-0.05, 0) is 48.4 Å². The van der Waals surface area contributed by atoms with Crippen LogP contribution < -0.4 is 14.4 Å². The largest absolute Gasteiger partial charge is 0.493 e. The van der Waals surface area contributed by atoms with Crippen LogP contribution in [0.4, 0.5) is 5.69 Å². The molecule has 0 saturated heterocycles. The van der Waals surface area contributed by atoms with E-state index < -0.39 is 0 Å². The summed E-state index contributed by atoms with van der Waals surface area (Å²) in [5.74, 6) is 0.860. The zero-order chi connectivity index (χ0) is 22.1. The van der Waals surface area contributed by atoms with Gasteiger partial charge in [0.25, 0.3) is 5.91 Å². The number of nitrogens with zero attached hydrogens (tertiary/aromatic N) is 2. The fourth-order valence-corrected chi connectivity index (χ4v) is 3.06. The van der Waals surface area contributed by atoms with Gasteiger partial charge in [0.2, 0.25) is 0 Å². The minimum absolute atomic E-state index is 0.0605. The molecule has 0 fully saturated rings. The van der Waals surface area contributed by atoms with E-state index in [1.54, 1.807) is 29.2 Å². The van der Waals surface area contributed by atoms with Gasteiger partial charge in [-0.2, -0.15) is 5.26 Å². The van der Waals surface area contributed by atoms with E-state index in [-0.39, 0.29) is 12.5 Å². The van der Waals surface area contributed by atoms with E-state index >= 15 is 0 Å². The number of amides is 1. The highest BCUT2D eigenvalue weighted by Gasteiger charge is 2.14. The molecule has 5 heteroatoms. The van der Waals surface area contributed by atoms with Gasteiger partial charge in [-0.1, -0.05) is 54.1 Å². The molecule has 0 aliphatic rings. The van der Waals surface area contributed by atoms with Crippen LogP contribution in [0.5, 0.6) is 11.5 Å². The lowest BCUT2D eigenvalue weighted by Crippen LogP contribution is -2.28. The van der Waals surface area contributed by atoms with Crippen molar-refractivity contribution in [3.05, 3.63) is 95.6 Å². The van der Waals surface area contributed by atoms with Crippen LogP contribution in [0.2, 0.25) is 0 Å². The molecule has 0 unspecified atom stereocenters. The third kappa shape index (κ3) is 5.97.